The Morgan fingerprint density at radius 1 is 1.35 bits per heavy atom. The van der Waals surface area contributed by atoms with Gasteiger partial charge in [-0.15, -0.1) is 0 Å². The molecular formula is C15H18ClIN2O. The third-order valence-electron chi connectivity index (χ3n) is 4.28. The van der Waals surface area contributed by atoms with E-state index in [0.29, 0.717) is 17.1 Å². The van der Waals surface area contributed by atoms with Crippen molar-refractivity contribution >= 4 is 40.1 Å². The molecule has 2 atom stereocenters. The summed E-state index contributed by atoms with van der Waals surface area (Å²) in [6.07, 6.45) is 4.62. The van der Waals surface area contributed by atoms with Crippen LogP contribution in [-0.2, 0) is 0 Å². The summed E-state index contributed by atoms with van der Waals surface area (Å²) in [5, 5.41) is 4.17. The quantitative estimate of drug-likeness (QED) is 0.767. The summed E-state index contributed by atoms with van der Waals surface area (Å²) in [7, 11) is 0. The lowest BCUT2D eigenvalue weighted by Gasteiger charge is -2.30. The van der Waals surface area contributed by atoms with E-state index < -0.39 is 0 Å². The molecule has 1 N–H and O–H groups in total. The van der Waals surface area contributed by atoms with Crippen molar-refractivity contribution in [2.75, 3.05) is 13.1 Å². The van der Waals surface area contributed by atoms with Crippen LogP contribution in [0.5, 0.6) is 0 Å². The Labute approximate surface area is 138 Å². The Morgan fingerprint density at radius 2 is 2.20 bits per heavy atom. The number of hydrogen-bond acceptors (Lipinski definition) is 2. The first-order valence-electron chi connectivity index (χ1n) is 7.16. The molecule has 3 nitrogen and oxygen atoms in total. The third kappa shape index (κ3) is 2.83. The molecule has 0 saturated carbocycles. The van der Waals surface area contributed by atoms with E-state index >= 15 is 0 Å². The summed E-state index contributed by atoms with van der Waals surface area (Å²) < 4.78 is 0.974. The minimum absolute atomic E-state index is 0.133. The molecule has 2 aliphatic heterocycles. The van der Waals surface area contributed by atoms with Gasteiger partial charge in [0, 0.05) is 27.2 Å². The Hall–Kier alpha value is -0.330. The molecule has 0 spiro atoms. The van der Waals surface area contributed by atoms with Gasteiger partial charge in [0.25, 0.3) is 5.91 Å². The van der Waals surface area contributed by atoms with Crippen molar-refractivity contribution in [2.24, 2.45) is 0 Å². The number of amides is 1. The number of rotatable bonds is 2. The Balaban J connectivity index is 1.83. The molecule has 2 heterocycles. The highest BCUT2D eigenvalue weighted by molar-refractivity contribution is 14.1. The predicted octanol–water partition coefficient (Wildman–Crippen LogP) is 3.30. The first kappa shape index (κ1) is 14.6. The van der Waals surface area contributed by atoms with Crippen LogP contribution in [0.2, 0.25) is 5.02 Å². The number of nitrogens with one attached hydrogen (secondary N) is 1. The maximum absolute atomic E-state index is 12.8. The summed E-state index contributed by atoms with van der Waals surface area (Å²) in [5.74, 6) is 0.133. The molecule has 2 fully saturated rings. The molecule has 20 heavy (non-hydrogen) atoms. The first-order valence-corrected chi connectivity index (χ1v) is 8.62. The molecule has 3 rings (SSSR count). The summed E-state index contributed by atoms with van der Waals surface area (Å²) >= 11 is 8.26. The summed E-state index contributed by atoms with van der Waals surface area (Å²) in [6.45, 7) is 1.95. The van der Waals surface area contributed by atoms with E-state index in [9.17, 15) is 4.79 Å². The van der Waals surface area contributed by atoms with Gasteiger partial charge in [-0.2, -0.15) is 0 Å². The lowest BCUT2D eigenvalue weighted by molar-refractivity contribution is 0.0710. The van der Waals surface area contributed by atoms with Crippen molar-refractivity contribution in [1.82, 2.24) is 10.2 Å². The SMILES string of the molecule is O=C(c1cc(Cl)ccc1I)N1CCCC1C1CCCN1. The van der Waals surface area contributed by atoms with Crippen molar-refractivity contribution in [1.29, 1.82) is 0 Å². The molecule has 0 radical (unpaired) electrons. The molecule has 1 aromatic rings. The molecule has 1 amide bonds. The van der Waals surface area contributed by atoms with Gasteiger partial charge in [0.2, 0.25) is 0 Å². The van der Waals surface area contributed by atoms with Crippen LogP contribution in [-0.4, -0.2) is 36.0 Å². The number of nitrogens with zero attached hydrogens (tertiary/aromatic N) is 1. The van der Waals surface area contributed by atoms with Crippen molar-refractivity contribution in [3.05, 3.63) is 32.4 Å². The maximum atomic E-state index is 12.8. The second-order valence-corrected chi connectivity index (χ2v) is 7.13. The van der Waals surface area contributed by atoms with Crippen LogP contribution in [0.15, 0.2) is 18.2 Å². The van der Waals surface area contributed by atoms with Crippen LogP contribution in [0.3, 0.4) is 0 Å². The fraction of sp³-hybridized carbons (Fsp3) is 0.533. The lowest BCUT2D eigenvalue weighted by atomic mass is 10.0. The monoisotopic (exact) mass is 404 g/mol. The molecular weight excluding hydrogens is 387 g/mol. The van der Waals surface area contributed by atoms with Gasteiger partial charge in [0.05, 0.1) is 5.56 Å². The number of likely N-dealkylation sites (tertiary alicyclic amines) is 1. The molecule has 5 heteroatoms. The van der Waals surface area contributed by atoms with Gasteiger partial charge >= 0.3 is 0 Å². The fourth-order valence-electron chi connectivity index (χ4n) is 3.32. The Morgan fingerprint density at radius 3 is 2.95 bits per heavy atom. The van der Waals surface area contributed by atoms with Gasteiger partial charge in [-0.05, 0) is 73.0 Å². The van der Waals surface area contributed by atoms with Gasteiger partial charge < -0.3 is 10.2 Å². The zero-order valence-electron chi connectivity index (χ0n) is 11.2. The van der Waals surface area contributed by atoms with E-state index in [2.05, 4.69) is 32.8 Å². The second kappa shape index (κ2) is 6.20. The standard InChI is InChI=1S/C15H18ClIN2O/c16-10-5-6-12(17)11(9-10)15(20)19-8-2-4-14(19)13-3-1-7-18-13/h5-6,9,13-14,18H,1-4,7-8H2. The van der Waals surface area contributed by atoms with Crippen molar-refractivity contribution in [3.8, 4) is 0 Å². The van der Waals surface area contributed by atoms with E-state index in [1.165, 1.54) is 12.8 Å². The van der Waals surface area contributed by atoms with Gasteiger partial charge in [0.1, 0.15) is 0 Å². The van der Waals surface area contributed by atoms with Crippen LogP contribution >= 0.6 is 34.2 Å². The van der Waals surface area contributed by atoms with Crippen LogP contribution in [0.1, 0.15) is 36.0 Å². The number of hydrogen-bond donors (Lipinski definition) is 1. The zero-order chi connectivity index (χ0) is 14.1. The molecule has 108 valence electrons. The summed E-state index contributed by atoms with van der Waals surface area (Å²) in [4.78, 5) is 14.9. The molecule has 0 bridgehead atoms. The van der Waals surface area contributed by atoms with E-state index in [1.54, 1.807) is 6.07 Å². The smallest absolute Gasteiger partial charge is 0.255 e. The fourth-order valence-corrected chi connectivity index (χ4v) is 4.06. The van der Waals surface area contributed by atoms with E-state index in [-0.39, 0.29) is 5.91 Å². The molecule has 2 unspecified atom stereocenters. The number of halogens is 2. The van der Waals surface area contributed by atoms with Crippen molar-refractivity contribution in [3.63, 3.8) is 0 Å². The number of benzene rings is 1. The van der Waals surface area contributed by atoms with Crippen LogP contribution in [0, 0.1) is 3.57 Å². The summed E-state index contributed by atoms with van der Waals surface area (Å²) in [6, 6.07) is 6.36. The second-order valence-electron chi connectivity index (χ2n) is 5.54. The normalized spacial score (nSPS) is 26.2. The Kier molecular flexibility index (Phi) is 4.52. The van der Waals surface area contributed by atoms with E-state index in [1.807, 2.05) is 12.1 Å². The van der Waals surface area contributed by atoms with E-state index in [0.717, 1.165) is 35.1 Å². The molecule has 2 saturated heterocycles. The van der Waals surface area contributed by atoms with Crippen molar-refractivity contribution < 1.29 is 4.79 Å². The van der Waals surface area contributed by atoms with Gasteiger partial charge in [-0.3, -0.25) is 4.79 Å². The van der Waals surface area contributed by atoms with Gasteiger partial charge in [-0.25, -0.2) is 0 Å². The molecule has 2 aliphatic rings. The third-order valence-corrected chi connectivity index (χ3v) is 5.46. The minimum atomic E-state index is 0.133. The van der Waals surface area contributed by atoms with Crippen LogP contribution < -0.4 is 5.32 Å². The lowest BCUT2D eigenvalue weighted by Crippen LogP contribution is -2.46. The van der Waals surface area contributed by atoms with Crippen molar-refractivity contribution in [2.45, 2.75) is 37.8 Å². The van der Waals surface area contributed by atoms with E-state index in [4.69, 9.17) is 11.6 Å². The number of carbonyl (C=O) groups excluding carboxylic acids is 1. The van der Waals surface area contributed by atoms with Gasteiger partial charge in [-0.1, -0.05) is 11.6 Å². The minimum Gasteiger partial charge on any atom is -0.334 e. The molecule has 1 aromatic carbocycles. The van der Waals surface area contributed by atoms with Crippen LogP contribution in [0.4, 0.5) is 0 Å². The average Bonchev–Trinajstić information content (AvgIpc) is 3.10. The predicted molar refractivity (Wildman–Crippen MR) is 89.3 cm³/mol. The highest BCUT2D eigenvalue weighted by Crippen LogP contribution is 2.28. The highest BCUT2D eigenvalue weighted by Gasteiger charge is 2.36. The molecule has 0 aliphatic carbocycles. The highest BCUT2D eigenvalue weighted by atomic mass is 127. The number of carbonyl (C=O) groups is 1. The van der Waals surface area contributed by atoms with Gasteiger partial charge in [0.15, 0.2) is 0 Å². The largest absolute Gasteiger partial charge is 0.334 e. The average molecular weight is 405 g/mol. The molecule has 0 aromatic heterocycles. The summed E-state index contributed by atoms with van der Waals surface area (Å²) in [5.41, 5.74) is 0.739. The van der Waals surface area contributed by atoms with Crippen LogP contribution in [0.25, 0.3) is 0 Å². The zero-order valence-corrected chi connectivity index (χ0v) is 14.2. The first-order chi connectivity index (χ1) is 9.66. The Bertz CT molecular complexity index is 517. The topological polar surface area (TPSA) is 32.3 Å². The maximum Gasteiger partial charge on any atom is 0.255 e.